The molecule has 1 aliphatic rings. The lowest BCUT2D eigenvalue weighted by atomic mass is 10.1. The molecule has 0 aliphatic heterocycles. The second kappa shape index (κ2) is 3.69. The Labute approximate surface area is 84.1 Å². The number of benzene rings is 1. The minimum Gasteiger partial charge on any atom is -0.310 e. The summed E-state index contributed by atoms with van der Waals surface area (Å²) in [4.78, 5) is 0. The van der Waals surface area contributed by atoms with Crippen LogP contribution in [0.2, 0.25) is 5.02 Å². The highest BCUT2D eigenvalue weighted by atomic mass is 35.5. The first-order valence-electron chi connectivity index (χ1n) is 4.75. The highest BCUT2D eigenvalue weighted by molar-refractivity contribution is 6.32. The van der Waals surface area contributed by atoms with Crippen LogP contribution in [0.1, 0.15) is 24.0 Å². The quantitative estimate of drug-likeness (QED) is 0.782. The molecule has 2 heteroatoms. The molecule has 0 bridgehead atoms. The predicted octanol–water partition coefficient (Wildman–Crippen LogP) is 2.90. The van der Waals surface area contributed by atoms with E-state index in [9.17, 15) is 0 Å². The first-order valence-corrected chi connectivity index (χ1v) is 5.12. The van der Waals surface area contributed by atoms with Crippen LogP contribution in [0.3, 0.4) is 0 Å². The van der Waals surface area contributed by atoms with Gasteiger partial charge in [0.05, 0.1) is 0 Å². The molecular weight excluding hydrogens is 182 g/mol. The van der Waals surface area contributed by atoms with Gasteiger partial charge in [-0.25, -0.2) is 0 Å². The number of rotatable bonds is 3. The van der Waals surface area contributed by atoms with Gasteiger partial charge in [-0.3, -0.25) is 0 Å². The fraction of sp³-hybridized carbons (Fsp3) is 0.455. The summed E-state index contributed by atoms with van der Waals surface area (Å²) in [6.07, 6.45) is 2.65. The van der Waals surface area contributed by atoms with Crippen molar-refractivity contribution in [2.24, 2.45) is 0 Å². The minimum atomic E-state index is 0.747. The Morgan fingerprint density at radius 2 is 2.23 bits per heavy atom. The normalized spacial score (nSPS) is 16.2. The molecule has 1 aromatic rings. The van der Waals surface area contributed by atoms with Crippen LogP contribution in [0, 0.1) is 6.92 Å². The average molecular weight is 196 g/mol. The Morgan fingerprint density at radius 1 is 1.46 bits per heavy atom. The molecule has 1 aromatic carbocycles. The molecule has 70 valence electrons. The van der Waals surface area contributed by atoms with Gasteiger partial charge in [0.25, 0.3) is 0 Å². The summed E-state index contributed by atoms with van der Waals surface area (Å²) in [5.74, 6) is 0. The number of hydrogen-bond acceptors (Lipinski definition) is 1. The van der Waals surface area contributed by atoms with Crippen LogP contribution in [-0.2, 0) is 6.54 Å². The third kappa shape index (κ3) is 2.23. The number of nitrogens with one attached hydrogen (secondary N) is 1. The summed E-state index contributed by atoms with van der Waals surface area (Å²) in [6.45, 7) is 2.95. The summed E-state index contributed by atoms with van der Waals surface area (Å²) in [6, 6.07) is 6.94. The highest BCUT2D eigenvalue weighted by Gasteiger charge is 2.20. The maximum atomic E-state index is 6.16. The second-order valence-corrected chi connectivity index (χ2v) is 4.08. The Morgan fingerprint density at radius 3 is 2.92 bits per heavy atom. The molecule has 0 radical (unpaired) electrons. The van der Waals surface area contributed by atoms with Crippen molar-refractivity contribution in [2.45, 2.75) is 32.4 Å². The van der Waals surface area contributed by atoms with E-state index in [0.29, 0.717) is 0 Å². The zero-order chi connectivity index (χ0) is 9.26. The molecule has 1 aliphatic carbocycles. The van der Waals surface area contributed by atoms with E-state index < -0.39 is 0 Å². The Balaban J connectivity index is 2.05. The van der Waals surface area contributed by atoms with Gasteiger partial charge in [-0.05, 0) is 30.9 Å². The average Bonchev–Trinajstić information content (AvgIpc) is 2.91. The van der Waals surface area contributed by atoms with E-state index in [0.717, 1.165) is 23.2 Å². The molecule has 1 saturated carbocycles. The topological polar surface area (TPSA) is 12.0 Å². The lowest BCUT2D eigenvalue weighted by molar-refractivity contribution is 0.687. The minimum absolute atomic E-state index is 0.747. The monoisotopic (exact) mass is 195 g/mol. The molecular formula is C11H14ClN. The SMILES string of the molecule is Cc1cccc(CNC2CC2)c1Cl. The summed E-state index contributed by atoms with van der Waals surface area (Å²) in [5, 5.41) is 4.37. The molecule has 0 unspecified atom stereocenters. The van der Waals surface area contributed by atoms with Gasteiger partial charge in [0, 0.05) is 17.6 Å². The molecule has 1 fully saturated rings. The van der Waals surface area contributed by atoms with Gasteiger partial charge >= 0.3 is 0 Å². The predicted molar refractivity (Wildman–Crippen MR) is 56.1 cm³/mol. The van der Waals surface area contributed by atoms with Crippen LogP contribution in [0.15, 0.2) is 18.2 Å². The molecule has 1 nitrogen and oxygen atoms in total. The van der Waals surface area contributed by atoms with Gasteiger partial charge in [-0.15, -0.1) is 0 Å². The van der Waals surface area contributed by atoms with Crippen LogP contribution >= 0.6 is 11.6 Å². The first kappa shape index (κ1) is 9.04. The van der Waals surface area contributed by atoms with E-state index >= 15 is 0 Å². The Kier molecular flexibility index (Phi) is 2.56. The standard InChI is InChI=1S/C11H14ClN/c1-8-3-2-4-9(11(8)12)7-13-10-5-6-10/h2-4,10,13H,5-7H2,1H3. The fourth-order valence-electron chi connectivity index (χ4n) is 1.39. The van der Waals surface area contributed by atoms with E-state index in [-0.39, 0.29) is 0 Å². The Bertz CT molecular complexity index is 305. The van der Waals surface area contributed by atoms with Crippen molar-refractivity contribution in [1.29, 1.82) is 0 Å². The maximum Gasteiger partial charge on any atom is 0.0480 e. The molecule has 1 N–H and O–H groups in total. The van der Waals surface area contributed by atoms with Crippen molar-refractivity contribution in [3.05, 3.63) is 34.3 Å². The molecule has 0 atom stereocenters. The van der Waals surface area contributed by atoms with E-state index in [1.807, 2.05) is 13.0 Å². The van der Waals surface area contributed by atoms with Crippen molar-refractivity contribution in [3.8, 4) is 0 Å². The van der Waals surface area contributed by atoms with Crippen molar-refractivity contribution >= 4 is 11.6 Å². The third-order valence-electron chi connectivity index (χ3n) is 2.43. The van der Waals surface area contributed by atoms with Crippen molar-refractivity contribution in [3.63, 3.8) is 0 Å². The lowest BCUT2D eigenvalue weighted by Gasteiger charge is -2.07. The van der Waals surface area contributed by atoms with Crippen LogP contribution in [-0.4, -0.2) is 6.04 Å². The third-order valence-corrected chi connectivity index (χ3v) is 2.97. The van der Waals surface area contributed by atoms with Crippen molar-refractivity contribution < 1.29 is 0 Å². The molecule has 0 amide bonds. The van der Waals surface area contributed by atoms with E-state index in [4.69, 9.17) is 11.6 Å². The molecule has 0 saturated heterocycles. The fourth-order valence-corrected chi connectivity index (χ4v) is 1.58. The molecule has 0 aromatic heterocycles. The molecule has 0 heterocycles. The summed E-state index contributed by atoms with van der Waals surface area (Å²) in [5.41, 5.74) is 2.38. The largest absolute Gasteiger partial charge is 0.310 e. The maximum absolute atomic E-state index is 6.16. The Hall–Kier alpha value is -0.530. The van der Waals surface area contributed by atoms with Gasteiger partial charge in [0.15, 0.2) is 0 Å². The zero-order valence-electron chi connectivity index (χ0n) is 7.81. The lowest BCUT2D eigenvalue weighted by Crippen LogP contribution is -2.15. The van der Waals surface area contributed by atoms with Crippen molar-refractivity contribution in [2.75, 3.05) is 0 Å². The second-order valence-electron chi connectivity index (χ2n) is 3.70. The summed E-state index contributed by atoms with van der Waals surface area (Å²) < 4.78 is 0. The van der Waals surface area contributed by atoms with Gasteiger partial charge in [0.1, 0.15) is 0 Å². The summed E-state index contributed by atoms with van der Waals surface area (Å²) >= 11 is 6.16. The number of aryl methyl sites for hydroxylation is 1. The van der Waals surface area contributed by atoms with E-state index in [2.05, 4.69) is 17.4 Å². The van der Waals surface area contributed by atoms with Crippen LogP contribution < -0.4 is 5.32 Å². The van der Waals surface area contributed by atoms with Crippen LogP contribution in [0.25, 0.3) is 0 Å². The van der Waals surface area contributed by atoms with Crippen LogP contribution in [0.4, 0.5) is 0 Å². The van der Waals surface area contributed by atoms with Gasteiger partial charge in [0.2, 0.25) is 0 Å². The van der Waals surface area contributed by atoms with E-state index in [1.54, 1.807) is 0 Å². The highest BCUT2D eigenvalue weighted by Crippen LogP contribution is 2.23. The zero-order valence-corrected chi connectivity index (χ0v) is 8.56. The van der Waals surface area contributed by atoms with Gasteiger partial charge < -0.3 is 5.32 Å². The first-order chi connectivity index (χ1) is 6.27. The van der Waals surface area contributed by atoms with Crippen LogP contribution in [0.5, 0.6) is 0 Å². The number of hydrogen-bond donors (Lipinski definition) is 1. The van der Waals surface area contributed by atoms with Crippen molar-refractivity contribution in [1.82, 2.24) is 5.32 Å². The number of halogens is 1. The molecule has 0 spiro atoms. The molecule has 13 heavy (non-hydrogen) atoms. The molecule has 2 rings (SSSR count). The van der Waals surface area contributed by atoms with Gasteiger partial charge in [-0.2, -0.15) is 0 Å². The van der Waals surface area contributed by atoms with Gasteiger partial charge in [-0.1, -0.05) is 29.8 Å². The van der Waals surface area contributed by atoms with E-state index in [1.165, 1.54) is 18.4 Å². The smallest absolute Gasteiger partial charge is 0.0480 e. The summed E-state index contributed by atoms with van der Waals surface area (Å²) in [7, 11) is 0.